The molecule has 0 bridgehead atoms. The molecule has 0 amide bonds. The van der Waals surface area contributed by atoms with E-state index in [0.29, 0.717) is 45.8 Å². The minimum atomic E-state index is -0.536. The second-order valence-corrected chi connectivity index (χ2v) is 6.65. The molecular formula is C23H21NO8. The van der Waals surface area contributed by atoms with E-state index in [1.54, 1.807) is 36.4 Å². The van der Waals surface area contributed by atoms with Crippen molar-refractivity contribution in [1.82, 2.24) is 5.16 Å². The zero-order valence-electron chi connectivity index (χ0n) is 17.7. The normalized spacial score (nSPS) is 12.1. The first-order valence-corrected chi connectivity index (χ1v) is 9.61. The minimum Gasteiger partial charge on any atom is -0.493 e. The van der Waals surface area contributed by atoms with Gasteiger partial charge < -0.3 is 32.9 Å². The summed E-state index contributed by atoms with van der Waals surface area (Å²) in [6.45, 7) is 0.159. The van der Waals surface area contributed by atoms with E-state index < -0.39 is 5.97 Å². The number of esters is 1. The molecular weight excluding hydrogens is 418 g/mol. The van der Waals surface area contributed by atoms with Crippen LogP contribution in [0.2, 0.25) is 0 Å². The van der Waals surface area contributed by atoms with Gasteiger partial charge in [0, 0.05) is 17.7 Å². The van der Waals surface area contributed by atoms with E-state index in [0.717, 1.165) is 5.56 Å². The van der Waals surface area contributed by atoms with E-state index >= 15 is 0 Å². The zero-order valence-corrected chi connectivity index (χ0v) is 17.7. The monoisotopic (exact) mass is 439 g/mol. The van der Waals surface area contributed by atoms with Crippen LogP contribution in [0.15, 0.2) is 47.0 Å². The van der Waals surface area contributed by atoms with Crippen LogP contribution in [-0.4, -0.2) is 39.2 Å². The van der Waals surface area contributed by atoms with Gasteiger partial charge in [-0.25, -0.2) is 4.79 Å². The highest BCUT2D eigenvalue weighted by Crippen LogP contribution is 2.38. The Balaban J connectivity index is 1.38. The van der Waals surface area contributed by atoms with Gasteiger partial charge in [0.05, 0.1) is 21.3 Å². The van der Waals surface area contributed by atoms with Gasteiger partial charge in [-0.2, -0.15) is 0 Å². The highest BCUT2D eigenvalue weighted by molar-refractivity contribution is 5.87. The standard InChI is InChI=1S/C23H21NO8/c1-26-20-8-14(9-21(27-2)23(20)28-3)4-7-22(25)29-12-16-11-18(32-24-16)15-5-6-17-19(10-15)31-13-30-17/h4-11H,12-13H2,1-3H3/b7-4+. The van der Waals surface area contributed by atoms with Crippen molar-refractivity contribution in [3.63, 3.8) is 0 Å². The molecule has 3 aromatic rings. The van der Waals surface area contributed by atoms with Crippen LogP contribution in [0.3, 0.4) is 0 Å². The molecule has 0 N–H and O–H groups in total. The molecule has 0 spiro atoms. The van der Waals surface area contributed by atoms with Crippen molar-refractivity contribution in [1.29, 1.82) is 0 Å². The second kappa shape index (κ2) is 9.34. The van der Waals surface area contributed by atoms with Gasteiger partial charge in [-0.1, -0.05) is 5.16 Å². The van der Waals surface area contributed by atoms with Gasteiger partial charge in [0.15, 0.2) is 28.8 Å². The van der Waals surface area contributed by atoms with E-state index in [2.05, 4.69) is 5.16 Å². The van der Waals surface area contributed by atoms with Gasteiger partial charge in [0.2, 0.25) is 12.5 Å². The summed E-state index contributed by atoms with van der Waals surface area (Å²) in [5, 5.41) is 3.95. The predicted octanol–water partition coefficient (Wildman–Crippen LogP) is 3.85. The zero-order chi connectivity index (χ0) is 22.5. The third-order valence-electron chi connectivity index (χ3n) is 4.68. The van der Waals surface area contributed by atoms with Gasteiger partial charge >= 0.3 is 5.97 Å². The summed E-state index contributed by atoms with van der Waals surface area (Å²) in [5.74, 6) is 2.76. The Bertz CT molecular complexity index is 1130. The van der Waals surface area contributed by atoms with Gasteiger partial charge in [-0.3, -0.25) is 0 Å². The summed E-state index contributed by atoms with van der Waals surface area (Å²) in [7, 11) is 4.57. The lowest BCUT2D eigenvalue weighted by atomic mass is 10.1. The molecule has 32 heavy (non-hydrogen) atoms. The van der Waals surface area contributed by atoms with Gasteiger partial charge in [-0.15, -0.1) is 0 Å². The number of fused-ring (bicyclic) bond motifs is 1. The summed E-state index contributed by atoms with van der Waals surface area (Å²) < 4.78 is 37.2. The van der Waals surface area contributed by atoms with Crippen molar-refractivity contribution in [3.05, 3.63) is 53.7 Å². The van der Waals surface area contributed by atoms with E-state index in [-0.39, 0.29) is 13.4 Å². The van der Waals surface area contributed by atoms with Crippen molar-refractivity contribution in [2.45, 2.75) is 6.61 Å². The van der Waals surface area contributed by atoms with Crippen molar-refractivity contribution < 1.29 is 37.7 Å². The maximum atomic E-state index is 12.1. The predicted molar refractivity (Wildman–Crippen MR) is 113 cm³/mol. The van der Waals surface area contributed by atoms with Crippen molar-refractivity contribution >= 4 is 12.0 Å². The quantitative estimate of drug-likeness (QED) is 0.383. The molecule has 1 aliphatic heterocycles. The Morgan fingerprint density at radius 2 is 1.75 bits per heavy atom. The number of ether oxygens (including phenoxy) is 6. The topological polar surface area (TPSA) is 98.5 Å². The van der Waals surface area contributed by atoms with Crippen LogP contribution in [0.5, 0.6) is 28.7 Å². The summed E-state index contributed by atoms with van der Waals surface area (Å²) >= 11 is 0. The molecule has 0 saturated carbocycles. The first-order chi connectivity index (χ1) is 15.6. The minimum absolute atomic E-state index is 0.0352. The molecule has 0 radical (unpaired) electrons. The molecule has 0 saturated heterocycles. The first-order valence-electron chi connectivity index (χ1n) is 9.61. The molecule has 2 aromatic carbocycles. The van der Waals surface area contributed by atoms with Crippen molar-refractivity contribution in [2.24, 2.45) is 0 Å². The largest absolute Gasteiger partial charge is 0.493 e. The third kappa shape index (κ3) is 4.46. The molecule has 0 atom stereocenters. The fraction of sp³-hybridized carbons (Fsp3) is 0.217. The van der Waals surface area contributed by atoms with E-state index in [1.165, 1.54) is 27.4 Å². The first kappa shape index (κ1) is 21.1. The molecule has 2 heterocycles. The SMILES string of the molecule is COc1cc(/C=C/C(=O)OCc2cc(-c3ccc4c(c3)OCO4)on2)cc(OC)c1OC. The average molecular weight is 439 g/mol. The number of carbonyl (C=O) groups excluding carboxylic acids is 1. The van der Waals surface area contributed by atoms with Gasteiger partial charge in [-0.05, 0) is 42.0 Å². The molecule has 1 aliphatic rings. The molecule has 0 fully saturated rings. The number of benzene rings is 2. The van der Waals surface area contributed by atoms with E-state index in [9.17, 15) is 4.79 Å². The number of rotatable bonds is 8. The Hall–Kier alpha value is -4.14. The Morgan fingerprint density at radius 3 is 2.47 bits per heavy atom. The highest BCUT2D eigenvalue weighted by atomic mass is 16.7. The maximum absolute atomic E-state index is 12.1. The number of hydrogen-bond donors (Lipinski definition) is 0. The van der Waals surface area contributed by atoms with Crippen LogP contribution in [0, 0.1) is 0 Å². The van der Waals surface area contributed by atoms with Crippen LogP contribution in [-0.2, 0) is 16.1 Å². The van der Waals surface area contributed by atoms with E-state index in [4.69, 9.17) is 32.9 Å². The van der Waals surface area contributed by atoms with Crippen LogP contribution in [0.1, 0.15) is 11.3 Å². The molecule has 0 aliphatic carbocycles. The Kier molecular flexibility index (Phi) is 6.16. The van der Waals surface area contributed by atoms with Crippen LogP contribution in [0.25, 0.3) is 17.4 Å². The summed E-state index contributed by atoms with van der Waals surface area (Å²) in [6, 6.07) is 10.6. The lowest BCUT2D eigenvalue weighted by Crippen LogP contribution is -2.01. The number of aromatic nitrogens is 1. The Morgan fingerprint density at radius 1 is 1.00 bits per heavy atom. The summed E-state index contributed by atoms with van der Waals surface area (Å²) in [6.07, 6.45) is 2.90. The second-order valence-electron chi connectivity index (χ2n) is 6.65. The van der Waals surface area contributed by atoms with E-state index in [1.807, 2.05) is 6.07 Å². The fourth-order valence-electron chi connectivity index (χ4n) is 3.12. The average Bonchev–Trinajstić information content (AvgIpc) is 3.49. The molecule has 9 nitrogen and oxygen atoms in total. The number of carbonyl (C=O) groups is 1. The molecule has 9 heteroatoms. The molecule has 4 rings (SSSR count). The lowest BCUT2D eigenvalue weighted by molar-refractivity contribution is -0.139. The van der Waals surface area contributed by atoms with Crippen LogP contribution < -0.4 is 23.7 Å². The molecule has 166 valence electrons. The fourth-order valence-corrected chi connectivity index (χ4v) is 3.12. The number of hydrogen-bond acceptors (Lipinski definition) is 9. The van der Waals surface area contributed by atoms with Gasteiger partial charge in [0.25, 0.3) is 0 Å². The Labute approximate surface area is 184 Å². The van der Waals surface area contributed by atoms with Crippen molar-refractivity contribution in [3.8, 4) is 40.1 Å². The number of methoxy groups -OCH3 is 3. The summed E-state index contributed by atoms with van der Waals surface area (Å²) in [4.78, 5) is 12.1. The summed E-state index contributed by atoms with van der Waals surface area (Å²) in [5.41, 5.74) is 1.94. The third-order valence-corrected chi connectivity index (χ3v) is 4.68. The van der Waals surface area contributed by atoms with Gasteiger partial charge in [0.1, 0.15) is 12.3 Å². The maximum Gasteiger partial charge on any atom is 0.331 e. The lowest BCUT2D eigenvalue weighted by Gasteiger charge is -2.12. The molecule has 0 unspecified atom stereocenters. The number of nitrogens with zero attached hydrogens (tertiary/aromatic N) is 1. The van der Waals surface area contributed by atoms with Crippen LogP contribution in [0.4, 0.5) is 0 Å². The highest BCUT2D eigenvalue weighted by Gasteiger charge is 2.16. The van der Waals surface area contributed by atoms with Crippen LogP contribution >= 0.6 is 0 Å². The smallest absolute Gasteiger partial charge is 0.331 e. The van der Waals surface area contributed by atoms with Crippen molar-refractivity contribution in [2.75, 3.05) is 28.1 Å². The molecule has 1 aromatic heterocycles.